The summed E-state index contributed by atoms with van der Waals surface area (Å²) in [6, 6.07) is 10.7. The Morgan fingerprint density at radius 1 is 1.07 bits per heavy atom. The number of allylic oxidation sites excluding steroid dienone is 4. The van der Waals surface area contributed by atoms with Gasteiger partial charge >= 0.3 is 0 Å². The van der Waals surface area contributed by atoms with E-state index in [-0.39, 0.29) is 0 Å². The Hall–Kier alpha value is -1.34. The maximum Gasteiger partial charge on any atom is 0.0825 e. The van der Waals surface area contributed by atoms with Crippen LogP contribution < -0.4 is 0 Å². The van der Waals surface area contributed by atoms with Crippen LogP contribution in [-0.4, -0.2) is 6.61 Å². The van der Waals surface area contributed by atoms with E-state index in [1.54, 1.807) is 11.1 Å². The number of hydrogen-bond donors (Lipinski definition) is 0. The van der Waals surface area contributed by atoms with Crippen LogP contribution in [0.5, 0.6) is 0 Å². The minimum Gasteiger partial charge on any atom is -0.373 e. The van der Waals surface area contributed by atoms with Crippen molar-refractivity contribution >= 4 is 0 Å². The Morgan fingerprint density at radius 3 is 2.41 bits per heavy atom. The van der Waals surface area contributed by atoms with E-state index < -0.39 is 0 Å². The first kappa shape index (κ1) is 22.0. The van der Waals surface area contributed by atoms with E-state index >= 15 is 0 Å². The molecule has 0 saturated carbocycles. The molecule has 1 saturated heterocycles. The van der Waals surface area contributed by atoms with Gasteiger partial charge in [-0.1, -0.05) is 67.0 Å². The molecule has 2 atom stereocenters. The molecule has 150 valence electrons. The molecule has 0 aromatic heterocycles. The number of hydrogen-bond acceptors (Lipinski definition) is 1. The van der Waals surface area contributed by atoms with Crippen molar-refractivity contribution in [2.45, 2.75) is 85.7 Å². The second kappa shape index (κ2) is 11.5. The van der Waals surface area contributed by atoms with Gasteiger partial charge in [-0.25, -0.2) is 0 Å². The lowest BCUT2D eigenvalue weighted by Crippen LogP contribution is -2.21. The van der Waals surface area contributed by atoms with Gasteiger partial charge in [-0.3, -0.25) is 0 Å². The third-order valence-corrected chi connectivity index (χ3v) is 5.73. The van der Waals surface area contributed by atoms with E-state index in [9.17, 15) is 0 Å². The summed E-state index contributed by atoms with van der Waals surface area (Å²) in [7, 11) is 0. The molecular formula is C26H40O. The first-order valence-corrected chi connectivity index (χ1v) is 10.9. The van der Waals surface area contributed by atoms with Gasteiger partial charge in [0, 0.05) is 0 Å². The fourth-order valence-corrected chi connectivity index (χ4v) is 4.08. The molecule has 2 unspecified atom stereocenters. The third-order valence-electron chi connectivity index (χ3n) is 5.73. The van der Waals surface area contributed by atoms with Crippen molar-refractivity contribution in [3.8, 4) is 0 Å². The fraction of sp³-hybridized carbons (Fsp3) is 0.615. The molecule has 27 heavy (non-hydrogen) atoms. The second-order valence-corrected chi connectivity index (χ2v) is 9.02. The highest BCUT2D eigenvalue weighted by atomic mass is 16.5. The largest absolute Gasteiger partial charge is 0.373 e. The Labute approximate surface area is 167 Å². The molecular weight excluding hydrogens is 328 g/mol. The third kappa shape index (κ3) is 8.05. The van der Waals surface area contributed by atoms with Gasteiger partial charge < -0.3 is 4.74 Å². The van der Waals surface area contributed by atoms with E-state index in [2.05, 4.69) is 71.0 Å². The zero-order valence-electron chi connectivity index (χ0n) is 18.3. The Kier molecular flexibility index (Phi) is 9.34. The van der Waals surface area contributed by atoms with E-state index in [1.165, 1.54) is 49.7 Å². The molecule has 0 aliphatic carbocycles. The van der Waals surface area contributed by atoms with Gasteiger partial charge in [-0.15, -0.1) is 0 Å². The summed E-state index contributed by atoms with van der Waals surface area (Å²) in [6.45, 7) is 12.4. The average Bonchev–Trinajstić information content (AvgIpc) is 2.65. The van der Waals surface area contributed by atoms with E-state index in [0.29, 0.717) is 6.10 Å². The quantitative estimate of drug-likeness (QED) is 0.401. The van der Waals surface area contributed by atoms with Gasteiger partial charge in [0.1, 0.15) is 0 Å². The molecule has 0 radical (unpaired) electrons. The predicted octanol–water partition coefficient (Wildman–Crippen LogP) is 8.04. The SMILES string of the molecule is CC(C)=CCCC(C)=C(CCC1CCC(c2ccccc2)OC1)CC(C)C. The van der Waals surface area contributed by atoms with Gasteiger partial charge in [0.25, 0.3) is 0 Å². The van der Waals surface area contributed by atoms with E-state index in [1.807, 2.05) is 0 Å². The molecule has 1 aromatic carbocycles. The molecule has 1 fully saturated rings. The van der Waals surface area contributed by atoms with Crippen molar-refractivity contribution in [1.29, 1.82) is 0 Å². The molecule has 0 amide bonds. The van der Waals surface area contributed by atoms with Crippen LogP contribution in [0.1, 0.15) is 91.2 Å². The van der Waals surface area contributed by atoms with Gasteiger partial charge in [-0.05, 0) is 83.1 Å². The minimum absolute atomic E-state index is 0.305. The summed E-state index contributed by atoms with van der Waals surface area (Å²) < 4.78 is 6.22. The molecule has 1 nitrogen and oxygen atoms in total. The van der Waals surface area contributed by atoms with Crippen LogP contribution >= 0.6 is 0 Å². The first-order chi connectivity index (χ1) is 13.0. The predicted molar refractivity (Wildman–Crippen MR) is 118 cm³/mol. The van der Waals surface area contributed by atoms with Crippen molar-refractivity contribution in [3.63, 3.8) is 0 Å². The fourth-order valence-electron chi connectivity index (χ4n) is 4.08. The van der Waals surface area contributed by atoms with Crippen LogP contribution in [0.15, 0.2) is 53.1 Å². The van der Waals surface area contributed by atoms with Crippen LogP contribution in [0.4, 0.5) is 0 Å². The van der Waals surface area contributed by atoms with Crippen LogP contribution in [0.25, 0.3) is 0 Å². The molecule has 1 aromatic rings. The summed E-state index contributed by atoms with van der Waals surface area (Å²) in [5.41, 5.74) is 6.10. The number of ether oxygens (including phenoxy) is 1. The molecule has 1 heterocycles. The van der Waals surface area contributed by atoms with Crippen molar-refractivity contribution in [2.24, 2.45) is 11.8 Å². The van der Waals surface area contributed by atoms with Crippen molar-refractivity contribution in [3.05, 3.63) is 58.7 Å². The smallest absolute Gasteiger partial charge is 0.0825 e. The lowest BCUT2D eigenvalue weighted by molar-refractivity contribution is -0.0192. The molecule has 0 N–H and O–H groups in total. The normalized spacial score (nSPS) is 21.1. The highest BCUT2D eigenvalue weighted by Gasteiger charge is 2.23. The molecule has 2 rings (SSSR count). The highest BCUT2D eigenvalue weighted by molar-refractivity contribution is 5.18. The molecule has 1 aliphatic rings. The molecule has 0 spiro atoms. The number of benzene rings is 1. The maximum absolute atomic E-state index is 6.22. The van der Waals surface area contributed by atoms with Crippen LogP contribution in [0, 0.1) is 11.8 Å². The van der Waals surface area contributed by atoms with Crippen molar-refractivity contribution < 1.29 is 4.74 Å². The van der Waals surface area contributed by atoms with Gasteiger partial charge in [0.2, 0.25) is 0 Å². The van der Waals surface area contributed by atoms with Gasteiger partial charge in [-0.2, -0.15) is 0 Å². The lowest BCUT2D eigenvalue weighted by Gasteiger charge is -2.30. The lowest BCUT2D eigenvalue weighted by atomic mass is 9.87. The summed E-state index contributed by atoms with van der Waals surface area (Å²) in [4.78, 5) is 0. The Bertz CT molecular complexity index is 596. The van der Waals surface area contributed by atoms with Crippen molar-refractivity contribution in [1.82, 2.24) is 0 Å². The van der Waals surface area contributed by atoms with E-state index in [4.69, 9.17) is 4.74 Å². The summed E-state index contributed by atoms with van der Waals surface area (Å²) in [6.07, 6.45) is 11.3. The molecule has 0 bridgehead atoms. The first-order valence-electron chi connectivity index (χ1n) is 10.9. The zero-order chi connectivity index (χ0) is 19.6. The van der Waals surface area contributed by atoms with E-state index in [0.717, 1.165) is 24.9 Å². The van der Waals surface area contributed by atoms with Crippen molar-refractivity contribution in [2.75, 3.05) is 6.61 Å². The maximum atomic E-state index is 6.22. The highest BCUT2D eigenvalue weighted by Crippen LogP contribution is 2.34. The van der Waals surface area contributed by atoms with Crippen LogP contribution in [0.3, 0.4) is 0 Å². The topological polar surface area (TPSA) is 9.23 Å². The Morgan fingerprint density at radius 2 is 1.81 bits per heavy atom. The zero-order valence-corrected chi connectivity index (χ0v) is 18.3. The second-order valence-electron chi connectivity index (χ2n) is 9.02. The van der Waals surface area contributed by atoms with Gasteiger partial charge in [0.05, 0.1) is 12.7 Å². The molecule has 1 heteroatoms. The standard InChI is InChI=1S/C26H40O/c1-20(2)10-9-11-22(5)25(18-21(3)4)16-14-23-15-17-26(27-19-23)24-12-7-6-8-13-24/h6-8,10,12-13,21,23,26H,9,11,14-19H2,1-5H3. The minimum atomic E-state index is 0.305. The van der Waals surface area contributed by atoms with Crippen LogP contribution in [0.2, 0.25) is 0 Å². The Balaban J connectivity index is 1.85. The average molecular weight is 369 g/mol. The summed E-state index contributed by atoms with van der Waals surface area (Å²) >= 11 is 0. The van der Waals surface area contributed by atoms with Gasteiger partial charge in [0.15, 0.2) is 0 Å². The van der Waals surface area contributed by atoms with Crippen LogP contribution in [-0.2, 0) is 4.74 Å². The number of rotatable bonds is 9. The molecule has 1 aliphatic heterocycles. The summed E-state index contributed by atoms with van der Waals surface area (Å²) in [5, 5.41) is 0. The summed E-state index contributed by atoms with van der Waals surface area (Å²) in [5.74, 6) is 1.46. The monoisotopic (exact) mass is 368 g/mol.